The maximum Gasteiger partial charge on any atom is 0.255 e. The van der Waals surface area contributed by atoms with Crippen molar-refractivity contribution in [1.29, 1.82) is 0 Å². The molecule has 3 aromatic heterocycles. The second-order valence-electron chi connectivity index (χ2n) is 13.0. The Kier molecular flexibility index (Phi) is 7.55. The van der Waals surface area contributed by atoms with Gasteiger partial charge in [0.05, 0.1) is 24.9 Å². The first-order valence-electron chi connectivity index (χ1n) is 15.8. The van der Waals surface area contributed by atoms with Gasteiger partial charge < -0.3 is 24.8 Å². The van der Waals surface area contributed by atoms with Crippen molar-refractivity contribution in [3.8, 4) is 28.3 Å². The first-order chi connectivity index (χ1) is 22.1. The van der Waals surface area contributed by atoms with Crippen LogP contribution in [0.15, 0.2) is 60.8 Å². The number of aromatic nitrogens is 3. The molecule has 2 aromatic carbocycles. The summed E-state index contributed by atoms with van der Waals surface area (Å²) in [5, 5.41) is 6.14. The molecule has 5 aromatic rings. The number of likely N-dealkylation sites (tertiary alicyclic amines) is 1. The smallest absolute Gasteiger partial charge is 0.255 e. The Bertz CT molecular complexity index is 1960. The Hall–Kier alpha value is -4.70. The fourth-order valence-corrected chi connectivity index (χ4v) is 6.67. The van der Waals surface area contributed by atoms with E-state index in [0.29, 0.717) is 29.3 Å². The summed E-state index contributed by atoms with van der Waals surface area (Å²) in [6.07, 6.45) is 3.22. The van der Waals surface area contributed by atoms with Crippen LogP contribution in [0.5, 0.6) is 5.75 Å². The summed E-state index contributed by atoms with van der Waals surface area (Å²) in [6.45, 7) is 3.25. The summed E-state index contributed by atoms with van der Waals surface area (Å²) in [5.41, 5.74) is 13.8. The number of amides is 2. The van der Waals surface area contributed by atoms with Gasteiger partial charge in [0.1, 0.15) is 23.1 Å². The molecule has 2 fully saturated rings. The van der Waals surface area contributed by atoms with Crippen molar-refractivity contribution in [2.24, 2.45) is 11.7 Å². The first kappa shape index (κ1) is 30.0. The van der Waals surface area contributed by atoms with Gasteiger partial charge in [0.25, 0.3) is 11.8 Å². The number of hydrogen-bond donors (Lipinski definition) is 1. The Labute approximate surface area is 267 Å². The van der Waals surface area contributed by atoms with Gasteiger partial charge in [0.2, 0.25) is 0 Å². The number of halogens is 1. The SMILES string of the molecule is COc1cc(C(=O)N2C[C@H](N)C[C@@H](F)C2)cn2nc(-c3cc4ccc(-c5ccc(C(=O)N(C)C)cc5)cc4n3CC3CC3)c(C)c12. The van der Waals surface area contributed by atoms with Crippen LogP contribution in [0.4, 0.5) is 4.39 Å². The van der Waals surface area contributed by atoms with Gasteiger partial charge in [0.15, 0.2) is 0 Å². The number of carbonyl (C=O) groups is 2. The number of methoxy groups -OCH3 is 1. The molecule has 0 unspecified atom stereocenters. The molecule has 1 aliphatic carbocycles. The quantitative estimate of drug-likeness (QED) is 0.256. The lowest BCUT2D eigenvalue weighted by Gasteiger charge is -2.33. The van der Waals surface area contributed by atoms with Crippen molar-refractivity contribution in [2.75, 3.05) is 34.3 Å². The molecule has 2 N–H and O–H groups in total. The van der Waals surface area contributed by atoms with E-state index in [0.717, 1.165) is 51.0 Å². The topological polar surface area (TPSA) is 98.1 Å². The van der Waals surface area contributed by atoms with Gasteiger partial charge in [0, 0.05) is 61.5 Å². The fraction of sp³-hybridized carbons (Fsp3) is 0.361. The zero-order valence-corrected chi connectivity index (χ0v) is 26.7. The zero-order chi connectivity index (χ0) is 32.3. The minimum absolute atomic E-state index is 0.0232. The second-order valence-corrected chi connectivity index (χ2v) is 13.0. The highest BCUT2D eigenvalue weighted by atomic mass is 19.1. The van der Waals surface area contributed by atoms with E-state index in [9.17, 15) is 14.0 Å². The van der Waals surface area contributed by atoms with Crippen LogP contribution in [0.25, 0.3) is 38.9 Å². The number of piperidine rings is 1. The van der Waals surface area contributed by atoms with E-state index in [1.54, 1.807) is 42.9 Å². The van der Waals surface area contributed by atoms with Crippen molar-refractivity contribution in [2.45, 2.75) is 44.9 Å². The first-order valence-corrected chi connectivity index (χ1v) is 15.8. The highest BCUT2D eigenvalue weighted by Gasteiger charge is 2.30. The van der Waals surface area contributed by atoms with Crippen LogP contribution in [0.2, 0.25) is 0 Å². The van der Waals surface area contributed by atoms with Gasteiger partial charge in [-0.25, -0.2) is 8.91 Å². The van der Waals surface area contributed by atoms with Gasteiger partial charge in [-0.15, -0.1) is 0 Å². The monoisotopic (exact) mass is 622 g/mol. The third-order valence-corrected chi connectivity index (χ3v) is 9.27. The summed E-state index contributed by atoms with van der Waals surface area (Å²) >= 11 is 0. The average molecular weight is 623 g/mol. The van der Waals surface area contributed by atoms with Crippen LogP contribution in [0.3, 0.4) is 0 Å². The molecular formula is C36H39FN6O3. The van der Waals surface area contributed by atoms with E-state index < -0.39 is 12.2 Å². The van der Waals surface area contributed by atoms with Crippen LogP contribution >= 0.6 is 0 Å². The number of hydrogen-bond acceptors (Lipinski definition) is 5. The van der Waals surface area contributed by atoms with Gasteiger partial charge in [-0.1, -0.05) is 24.3 Å². The van der Waals surface area contributed by atoms with Gasteiger partial charge in [-0.05, 0) is 73.6 Å². The number of nitrogens with zero attached hydrogens (tertiary/aromatic N) is 5. The van der Waals surface area contributed by atoms with E-state index in [4.69, 9.17) is 15.6 Å². The molecule has 10 heteroatoms. The normalized spacial score (nSPS) is 18.3. The number of nitrogens with two attached hydrogens (primary N) is 1. The standard InChI is InChI=1S/C36H39FN6O3/c1-21-33(39-43-18-27(15-32(46-4)34(21)43)36(45)41-19-28(37)16-29(38)20-41)31-14-26-12-11-25(13-30(26)42(31)17-22-5-6-22)23-7-9-24(10-8-23)35(44)40(2)3/h7-15,18,22,28-29H,5-6,16-17,19-20,38H2,1-4H3/t28-,29-/m1/s1. The summed E-state index contributed by atoms with van der Waals surface area (Å²) in [5.74, 6) is 0.830. The fourth-order valence-electron chi connectivity index (χ4n) is 6.67. The molecule has 7 rings (SSSR count). The average Bonchev–Trinajstić information content (AvgIpc) is 3.72. The van der Waals surface area contributed by atoms with Crippen molar-refractivity contribution in [3.05, 3.63) is 77.5 Å². The molecular weight excluding hydrogens is 583 g/mol. The predicted molar refractivity (Wildman–Crippen MR) is 177 cm³/mol. The molecule has 238 valence electrons. The zero-order valence-electron chi connectivity index (χ0n) is 26.7. The van der Waals surface area contributed by atoms with E-state index >= 15 is 0 Å². The lowest BCUT2D eigenvalue weighted by Crippen LogP contribution is -2.50. The van der Waals surface area contributed by atoms with E-state index in [-0.39, 0.29) is 24.8 Å². The Morgan fingerprint density at radius 2 is 1.76 bits per heavy atom. The minimum atomic E-state index is -1.14. The number of alkyl halides is 1. The predicted octanol–water partition coefficient (Wildman–Crippen LogP) is 5.56. The molecule has 4 heterocycles. The number of pyridine rings is 1. The molecule has 0 radical (unpaired) electrons. The van der Waals surface area contributed by atoms with E-state index in [1.807, 2.05) is 31.2 Å². The second kappa shape index (κ2) is 11.6. The van der Waals surface area contributed by atoms with Gasteiger partial charge in [-0.2, -0.15) is 5.10 Å². The Morgan fingerprint density at radius 1 is 1.02 bits per heavy atom. The lowest BCUT2D eigenvalue weighted by molar-refractivity contribution is 0.0605. The number of aryl methyl sites for hydroxylation is 1. The molecule has 2 aliphatic rings. The van der Waals surface area contributed by atoms with Crippen LogP contribution in [0, 0.1) is 12.8 Å². The third kappa shape index (κ3) is 5.40. The van der Waals surface area contributed by atoms with Crippen LogP contribution in [0.1, 0.15) is 45.5 Å². The highest BCUT2D eigenvalue weighted by Crippen LogP contribution is 2.39. The maximum absolute atomic E-state index is 14.3. The number of benzene rings is 2. The summed E-state index contributed by atoms with van der Waals surface area (Å²) in [6, 6.07) is 17.7. The van der Waals surface area contributed by atoms with Crippen molar-refractivity contribution in [1.82, 2.24) is 24.0 Å². The number of fused-ring (bicyclic) bond motifs is 2. The number of ether oxygens (including phenoxy) is 1. The minimum Gasteiger partial charge on any atom is -0.494 e. The maximum atomic E-state index is 14.3. The van der Waals surface area contributed by atoms with E-state index in [1.165, 1.54) is 17.7 Å². The molecule has 2 amide bonds. The summed E-state index contributed by atoms with van der Waals surface area (Å²) < 4.78 is 24.1. The van der Waals surface area contributed by atoms with Gasteiger partial charge >= 0.3 is 0 Å². The van der Waals surface area contributed by atoms with Crippen LogP contribution in [-0.2, 0) is 6.54 Å². The Balaban J connectivity index is 1.30. The molecule has 9 nitrogen and oxygen atoms in total. The summed E-state index contributed by atoms with van der Waals surface area (Å²) in [4.78, 5) is 28.9. The molecule has 1 saturated carbocycles. The highest BCUT2D eigenvalue weighted by molar-refractivity contribution is 5.97. The largest absolute Gasteiger partial charge is 0.494 e. The van der Waals surface area contributed by atoms with Crippen molar-refractivity contribution in [3.63, 3.8) is 0 Å². The lowest BCUT2D eigenvalue weighted by atomic mass is 10.0. The number of carbonyl (C=O) groups excluding carboxylic acids is 2. The van der Waals surface area contributed by atoms with Crippen molar-refractivity contribution >= 4 is 28.2 Å². The molecule has 0 bridgehead atoms. The summed E-state index contributed by atoms with van der Waals surface area (Å²) in [7, 11) is 5.09. The molecule has 46 heavy (non-hydrogen) atoms. The van der Waals surface area contributed by atoms with E-state index in [2.05, 4.69) is 28.8 Å². The van der Waals surface area contributed by atoms with Crippen LogP contribution < -0.4 is 10.5 Å². The van der Waals surface area contributed by atoms with Gasteiger partial charge in [-0.3, -0.25) is 9.59 Å². The molecule has 0 spiro atoms. The van der Waals surface area contributed by atoms with Crippen molar-refractivity contribution < 1.29 is 18.7 Å². The molecule has 1 aliphatic heterocycles. The number of rotatable bonds is 7. The molecule has 1 saturated heterocycles. The Morgan fingerprint density at radius 3 is 2.43 bits per heavy atom. The molecule has 2 atom stereocenters. The van der Waals surface area contributed by atoms with Crippen LogP contribution in [-0.4, -0.2) is 82.3 Å². The third-order valence-electron chi connectivity index (χ3n) is 9.27.